The lowest BCUT2D eigenvalue weighted by atomic mass is 9.76. The molecule has 0 spiro atoms. The monoisotopic (exact) mass is 713 g/mol. The highest BCUT2D eigenvalue weighted by Crippen LogP contribution is 2.32. The molecule has 4 N–H and O–H groups in total. The summed E-state index contributed by atoms with van der Waals surface area (Å²) in [6, 6.07) is 5.37. The molecule has 2 atom stereocenters. The van der Waals surface area contributed by atoms with Crippen molar-refractivity contribution in [3.05, 3.63) is 34.3 Å². The molecule has 0 fully saturated rings. The Morgan fingerprint density at radius 1 is 0.957 bits per heavy atom. The first-order valence-electron chi connectivity index (χ1n) is 14.9. The number of phenols is 1. The fraction of sp³-hybridized carbons (Fsp3) is 0.594. The van der Waals surface area contributed by atoms with Crippen LogP contribution in [0.5, 0.6) is 5.75 Å². The van der Waals surface area contributed by atoms with Gasteiger partial charge in [-0.05, 0) is 70.1 Å². The molecule has 0 aliphatic carbocycles. The number of amides is 3. The predicted octanol–water partition coefficient (Wildman–Crippen LogP) is 3.76. The second-order valence-electron chi connectivity index (χ2n) is 11.4. The number of aromatic hydroxyl groups is 1. The molecular formula is C32H48BrN3O10. The highest BCUT2D eigenvalue weighted by Gasteiger charge is 2.22. The Labute approximate surface area is 279 Å². The number of hydrogen-bond donors (Lipinski definition) is 4. The molecule has 46 heavy (non-hydrogen) atoms. The predicted molar refractivity (Wildman–Crippen MR) is 172 cm³/mol. The van der Waals surface area contributed by atoms with E-state index in [4.69, 9.17) is 28.7 Å². The molecule has 14 heteroatoms. The topological polar surface area (TPSA) is 194 Å². The first-order valence-corrected chi connectivity index (χ1v) is 15.6. The van der Waals surface area contributed by atoms with Crippen molar-refractivity contribution in [1.29, 1.82) is 0 Å². The number of hydrogen-bond acceptors (Lipinski definition) is 10. The van der Waals surface area contributed by atoms with Gasteiger partial charge in [0.15, 0.2) is 0 Å². The molecular weight excluding hydrogens is 666 g/mol. The van der Waals surface area contributed by atoms with Crippen LogP contribution in [0.4, 0.5) is 5.69 Å². The average molecular weight is 715 g/mol. The van der Waals surface area contributed by atoms with E-state index in [9.17, 15) is 19.5 Å². The van der Waals surface area contributed by atoms with Crippen LogP contribution in [0.1, 0.15) is 66.4 Å². The summed E-state index contributed by atoms with van der Waals surface area (Å²) in [7, 11) is 0. The van der Waals surface area contributed by atoms with Crippen molar-refractivity contribution in [3.8, 4) is 5.75 Å². The van der Waals surface area contributed by atoms with Crippen LogP contribution in [-0.4, -0.2) is 74.6 Å². The Morgan fingerprint density at radius 3 is 2.11 bits per heavy atom. The minimum absolute atomic E-state index is 0.0387. The molecule has 0 saturated heterocycles. The van der Waals surface area contributed by atoms with E-state index in [1.54, 1.807) is 6.07 Å². The summed E-state index contributed by atoms with van der Waals surface area (Å²) in [5, 5.41) is 18.3. The molecule has 1 unspecified atom stereocenters. The maximum Gasteiger partial charge on any atom is 0.373 e. The molecule has 3 amide bonds. The maximum atomic E-state index is 12.4. The van der Waals surface area contributed by atoms with Gasteiger partial charge in [-0.25, -0.2) is 0 Å². The van der Waals surface area contributed by atoms with Gasteiger partial charge in [-0.15, -0.1) is 0 Å². The van der Waals surface area contributed by atoms with E-state index in [0.717, 1.165) is 24.8 Å². The van der Waals surface area contributed by atoms with Crippen LogP contribution in [0.25, 0.3) is 0 Å². The maximum absolute atomic E-state index is 12.4. The van der Waals surface area contributed by atoms with Gasteiger partial charge in [0.2, 0.25) is 11.8 Å². The van der Waals surface area contributed by atoms with Crippen molar-refractivity contribution < 1.29 is 48.1 Å². The summed E-state index contributed by atoms with van der Waals surface area (Å²) in [5.74, 6) is 0.133. The van der Waals surface area contributed by atoms with Crippen molar-refractivity contribution in [1.82, 2.24) is 10.6 Å². The van der Waals surface area contributed by atoms with Crippen molar-refractivity contribution in [2.45, 2.75) is 67.2 Å². The normalized spacial score (nSPS) is 12.0. The van der Waals surface area contributed by atoms with Crippen molar-refractivity contribution >= 4 is 51.6 Å². The molecule has 0 aromatic heterocycles. The lowest BCUT2D eigenvalue weighted by molar-refractivity contribution is -0.193. The van der Waals surface area contributed by atoms with Crippen molar-refractivity contribution in [2.75, 3.05) is 44.8 Å². The van der Waals surface area contributed by atoms with Gasteiger partial charge in [0.1, 0.15) is 5.75 Å². The van der Waals surface area contributed by atoms with Gasteiger partial charge in [0.05, 0.1) is 43.0 Å². The molecule has 1 aromatic rings. The molecule has 1 rings (SSSR count). The third-order valence-corrected chi connectivity index (χ3v) is 7.14. The van der Waals surface area contributed by atoms with Gasteiger partial charge >= 0.3 is 12.3 Å². The van der Waals surface area contributed by atoms with Crippen molar-refractivity contribution in [2.24, 2.45) is 17.3 Å². The summed E-state index contributed by atoms with van der Waals surface area (Å²) in [4.78, 5) is 68.4. The summed E-state index contributed by atoms with van der Waals surface area (Å²) in [5.41, 5.74) is 1.75. The number of carbonyl (C=O) groups is 3. The first-order chi connectivity index (χ1) is 21.7. The summed E-state index contributed by atoms with van der Waals surface area (Å²) < 4.78 is 11.0. The second-order valence-corrected chi connectivity index (χ2v) is 12.2. The third-order valence-electron chi connectivity index (χ3n) is 6.55. The number of phenolic OH excluding ortho intramolecular Hbond substituents is 1. The van der Waals surface area contributed by atoms with E-state index in [2.05, 4.69) is 66.5 Å². The first kappa shape index (κ1) is 44.5. The van der Waals surface area contributed by atoms with Gasteiger partial charge in [-0.3, -0.25) is 14.4 Å². The zero-order valence-electron chi connectivity index (χ0n) is 27.5. The van der Waals surface area contributed by atoms with Crippen LogP contribution in [0.2, 0.25) is 0 Å². The molecule has 0 radical (unpaired) electrons. The number of halogens is 1. The van der Waals surface area contributed by atoms with E-state index in [0.29, 0.717) is 37.3 Å². The molecule has 258 valence electrons. The Bertz CT molecular complexity index is 1140. The van der Waals surface area contributed by atoms with Crippen LogP contribution in [0, 0.1) is 17.3 Å². The lowest BCUT2D eigenvalue weighted by Crippen LogP contribution is -2.28. The lowest BCUT2D eigenvalue weighted by Gasteiger charge is -2.29. The third kappa shape index (κ3) is 23.7. The van der Waals surface area contributed by atoms with Crippen molar-refractivity contribution in [3.63, 3.8) is 0 Å². The smallest absolute Gasteiger partial charge is 0.373 e. The average Bonchev–Trinajstić information content (AvgIpc) is 2.97. The summed E-state index contributed by atoms with van der Waals surface area (Å²) in [6.07, 6.45) is 4.62. The molecule has 13 nitrogen and oxygen atoms in total. The van der Waals surface area contributed by atoms with Gasteiger partial charge in [-0.2, -0.15) is 19.2 Å². The van der Waals surface area contributed by atoms with Crippen LogP contribution >= 0.6 is 15.9 Å². The zero-order valence-corrected chi connectivity index (χ0v) is 29.1. The number of nitrogens with one attached hydrogen (secondary N) is 3. The van der Waals surface area contributed by atoms with Gasteiger partial charge < -0.3 is 30.5 Å². The fourth-order valence-electron chi connectivity index (χ4n) is 3.75. The number of ether oxygens (including phenoxy) is 2. The van der Waals surface area contributed by atoms with E-state index in [1.807, 2.05) is 19.1 Å². The van der Waals surface area contributed by atoms with E-state index in [1.165, 1.54) is 6.08 Å². The Balaban J connectivity index is 0. The minimum Gasteiger partial charge on any atom is -0.506 e. The highest BCUT2D eigenvalue weighted by molar-refractivity contribution is 9.12. The zero-order chi connectivity index (χ0) is 35.5. The number of anilines is 1. The highest BCUT2D eigenvalue weighted by atomic mass is 79.9. The standard InChI is InChI=1S/C30H48BrN3O6.2CO2/c1-7-11-33-29(38)24(31)20-28(37)32-12-14-40-16-15-39-13-10-27(36)34-25-19-23(8-9-26(25)35)18-21(2)17-22(3)30(4,5)6;2*2-1-3/h8-9,19-22,35H,7,10-18H2,1-6H3,(H,32,37)(H,33,38)(H,34,36);;/b24-20+;;/t21-,22?;;/m1../s1. The number of carbonyl (C=O) groups excluding carboxylic acids is 7. The second kappa shape index (κ2) is 26.5. The van der Waals surface area contributed by atoms with Crippen LogP contribution in [0.3, 0.4) is 0 Å². The molecule has 0 heterocycles. The molecule has 0 aliphatic rings. The largest absolute Gasteiger partial charge is 0.506 e. The Hall–Kier alpha value is -3.67. The van der Waals surface area contributed by atoms with E-state index >= 15 is 0 Å². The molecule has 0 saturated carbocycles. The fourth-order valence-corrected chi connectivity index (χ4v) is 4.10. The van der Waals surface area contributed by atoms with Crippen LogP contribution in [-0.2, 0) is 49.5 Å². The van der Waals surface area contributed by atoms with Gasteiger partial charge in [-0.1, -0.05) is 47.6 Å². The summed E-state index contributed by atoms with van der Waals surface area (Å²) >= 11 is 3.09. The van der Waals surface area contributed by atoms with Crippen LogP contribution in [0.15, 0.2) is 28.8 Å². The van der Waals surface area contributed by atoms with E-state index < -0.39 is 5.91 Å². The molecule has 1 aromatic carbocycles. The molecule has 0 bridgehead atoms. The van der Waals surface area contributed by atoms with E-state index in [-0.39, 0.29) is 65.9 Å². The minimum atomic E-state index is -0.398. The number of rotatable bonds is 18. The SMILES string of the molecule is CCCNC(=O)/C(Br)=C\C(=O)NCCOCCOCCC(=O)Nc1cc(C[C@H](C)CC(C)C(C)(C)C)ccc1O.O=C=O.O=C=O. The Morgan fingerprint density at radius 2 is 1.54 bits per heavy atom. The van der Waals surface area contributed by atoms with Crippen LogP contribution < -0.4 is 16.0 Å². The molecule has 0 aliphatic heterocycles. The Kier molecular flexibility index (Phi) is 25.6. The number of benzene rings is 1. The quantitative estimate of drug-likeness (QED) is 0.0988. The van der Waals surface area contributed by atoms with Gasteiger partial charge in [0, 0.05) is 19.2 Å². The summed E-state index contributed by atoms with van der Waals surface area (Å²) in [6.45, 7) is 15.2. The van der Waals surface area contributed by atoms with Gasteiger partial charge in [0.25, 0.3) is 5.91 Å².